The van der Waals surface area contributed by atoms with Gasteiger partial charge in [-0.1, -0.05) is 11.2 Å². The Hall–Kier alpha value is -3.42. The van der Waals surface area contributed by atoms with Crippen LogP contribution in [0.15, 0.2) is 40.8 Å². The van der Waals surface area contributed by atoms with Crippen LogP contribution in [0.1, 0.15) is 16.1 Å². The number of fused-ring (bicyclic) bond motifs is 3. The van der Waals surface area contributed by atoms with Crippen molar-refractivity contribution in [3.05, 3.63) is 57.4 Å². The molecule has 148 valence electrons. The van der Waals surface area contributed by atoms with Gasteiger partial charge in [-0.3, -0.25) is 0 Å². The number of methoxy groups -OCH3 is 1. The Labute approximate surface area is 170 Å². The predicted molar refractivity (Wildman–Crippen MR) is 110 cm³/mol. The monoisotopic (exact) mass is 410 g/mol. The Balaban J connectivity index is 1.86. The highest BCUT2D eigenvalue weighted by Crippen LogP contribution is 2.45. The molecule has 0 aliphatic carbocycles. The van der Waals surface area contributed by atoms with Gasteiger partial charge in [-0.2, -0.15) is 0 Å². The maximum atomic E-state index is 11.8. The first-order chi connectivity index (χ1) is 14.1. The number of ether oxygens (including phenoxy) is 2. The fraction of sp³-hybridized carbons (Fsp3) is 0.250. The third-order valence-electron chi connectivity index (χ3n) is 4.86. The molecule has 1 aliphatic heterocycles. The number of aromatic nitrogens is 1. The summed E-state index contributed by atoms with van der Waals surface area (Å²) >= 11 is 1.57. The van der Waals surface area contributed by atoms with E-state index in [9.17, 15) is 9.90 Å². The van der Waals surface area contributed by atoms with Gasteiger partial charge in [0.15, 0.2) is 11.5 Å². The van der Waals surface area contributed by atoms with E-state index in [2.05, 4.69) is 10.0 Å². The molecule has 8 nitrogen and oxygen atoms in total. The van der Waals surface area contributed by atoms with Crippen molar-refractivity contribution in [1.82, 2.24) is 4.57 Å². The van der Waals surface area contributed by atoms with Crippen LogP contribution in [0, 0.1) is 0 Å². The van der Waals surface area contributed by atoms with Gasteiger partial charge in [-0.25, -0.2) is 4.79 Å². The molecule has 0 saturated carbocycles. The van der Waals surface area contributed by atoms with E-state index in [0.717, 1.165) is 27.3 Å². The summed E-state index contributed by atoms with van der Waals surface area (Å²) in [5.74, 6) is 0.181. The molecule has 1 N–H and O–H groups in total. The van der Waals surface area contributed by atoms with Crippen molar-refractivity contribution in [2.45, 2.75) is 13.0 Å². The zero-order valence-corrected chi connectivity index (χ0v) is 16.5. The summed E-state index contributed by atoms with van der Waals surface area (Å²) in [6.45, 7) is 1.00. The summed E-state index contributed by atoms with van der Waals surface area (Å²) in [6.07, 6.45) is 0.691. The van der Waals surface area contributed by atoms with Crippen molar-refractivity contribution < 1.29 is 19.4 Å². The second-order valence-electron chi connectivity index (χ2n) is 6.44. The lowest BCUT2D eigenvalue weighted by Gasteiger charge is -2.23. The largest absolute Gasteiger partial charge is 0.493 e. The summed E-state index contributed by atoms with van der Waals surface area (Å²) in [5, 5.41) is 15.2. The third kappa shape index (κ3) is 3.41. The van der Waals surface area contributed by atoms with Crippen molar-refractivity contribution in [3.63, 3.8) is 0 Å². The smallest absolute Gasteiger partial charge is 0.352 e. The highest BCUT2D eigenvalue weighted by molar-refractivity contribution is 7.13. The van der Waals surface area contributed by atoms with Crippen LogP contribution in [0.3, 0.4) is 0 Å². The Morgan fingerprint density at radius 2 is 2.21 bits per heavy atom. The van der Waals surface area contributed by atoms with Crippen LogP contribution in [0.5, 0.6) is 11.5 Å². The van der Waals surface area contributed by atoms with E-state index in [1.807, 2.05) is 34.2 Å². The Bertz CT molecular complexity index is 1110. The zero-order chi connectivity index (χ0) is 20.4. The second kappa shape index (κ2) is 7.90. The first-order valence-corrected chi connectivity index (χ1v) is 9.87. The molecule has 2 aromatic heterocycles. The van der Waals surface area contributed by atoms with Crippen LogP contribution < -0.4 is 9.47 Å². The number of carboxylic acid groups (broad SMARTS) is 1. The van der Waals surface area contributed by atoms with Crippen molar-refractivity contribution >= 4 is 17.3 Å². The fourth-order valence-electron chi connectivity index (χ4n) is 3.64. The average molecular weight is 410 g/mol. The van der Waals surface area contributed by atoms with Crippen molar-refractivity contribution in [2.24, 2.45) is 5.11 Å². The van der Waals surface area contributed by atoms with Gasteiger partial charge in [0.2, 0.25) is 0 Å². The van der Waals surface area contributed by atoms with E-state index >= 15 is 0 Å². The van der Waals surface area contributed by atoms with Crippen LogP contribution in [-0.2, 0) is 13.0 Å². The summed E-state index contributed by atoms with van der Waals surface area (Å²) in [7, 11) is 1.58. The van der Waals surface area contributed by atoms with Crippen LogP contribution >= 0.6 is 11.3 Å². The topological polar surface area (TPSA) is 109 Å². The van der Waals surface area contributed by atoms with E-state index in [1.54, 1.807) is 24.5 Å². The lowest BCUT2D eigenvalue weighted by molar-refractivity contribution is 0.0685. The molecule has 29 heavy (non-hydrogen) atoms. The van der Waals surface area contributed by atoms with Gasteiger partial charge in [0.25, 0.3) is 0 Å². The molecular weight excluding hydrogens is 392 g/mol. The maximum absolute atomic E-state index is 11.8. The molecule has 0 fully saturated rings. The van der Waals surface area contributed by atoms with Crippen molar-refractivity contribution in [3.8, 4) is 33.2 Å². The van der Waals surface area contributed by atoms with Crippen molar-refractivity contribution in [2.75, 3.05) is 20.3 Å². The molecule has 0 amide bonds. The first kappa shape index (κ1) is 18.9. The Morgan fingerprint density at radius 1 is 1.34 bits per heavy atom. The number of nitrogens with zero attached hydrogens (tertiary/aromatic N) is 4. The van der Waals surface area contributed by atoms with E-state index in [1.165, 1.54) is 0 Å². The molecule has 0 bridgehead atoms. The summed E-state index contributed by atoms with van der Waals surface area (Å²) < 4.78 is 13.1. The highest BCUT2D eigenvalue weighted by Gasteiger charge is 2.28. The molecule has 0 saturated heterocycles. The molecule has 0 spiro atoms. The minimum atomic E-state index is -0.947. The molecular formula is C20H18N4O4S. The summed E-state index contributed by atoms with van der Waals surface area (Å²) in [5.41, 5.74) is 12.5. The lowest BCUT2D eigenvalue weighted by atomic mass is 9.95. The van der Waals surface area contributed by atoms with Crippen LogP contribution in [0.25, 0.3) is 32.1 Å². The summed E-state index contributed by atoms with van der Waals surface area (Å²) in [6, 6.07) is 9.50. The van der Waals surface area contributed by atoms with Gasteiger partial charge >= 0.3 is 5.97 Å². The normalized spacial score (nSPS) is 11.9. The van der Waals surface area contributed by atoms with Crippen LogP contribution in [0.4, 0.5) is 0 Å². The number of carbonyl (C=O) groups is 1. The van der Waals surface area contributed by atoms with Gasteiger partial charge in [0, 0.05) is 27.5 Å². The molecule has 4 rings (SSSR count). The zero-order valence-electron chi connectivity index (χ0n) is 15.7. The number of carboxylic acids is 1. The quantitative estimate of drug-likeness (QED) is 0.260. The SMILES string of the molecule is COc1cc2c(cc1OCCN=[N+]=[N-])-c1c(-c3cccs3)cc(C(=O)O)n1CC2. The number of rotatable bonds is 7. The van der Waals surface area contributed by atoms with Gasteiger partial charge in [0.05, 0.1) is 26.0 Å². The van der Waals surface area contributed by atoms with E-state index in [4.69, 9.17) is 15.0 Å². The molecule has 0 atom stereocenters. The molecule has 9 heteroatoms. The van der Waals surface area contributed by atoms with Gasteiger partial charge in [-0.05, 0) is 47.2 Å². The molecule has 3 heterocycles. The fourth-order valence-corrected chi connectivity index (χ4v) is 4.39. The molecule has 3 aromatic rings. The number of thiophene rings is 1. The molecule has 1 aromatic carbocycles. The van der Waals surface area contributed by atoms with Crippen molar-refractivity contribution in [1.29, 1.82) is 0 Å². The van der Waals surface area contributed by atoms with E-state index < -0.39 is 5.97 Å². The number of azide groups is 1. The Morgan fingerprint density at radius 3 is 2.90 bits per heavy atom. The first-order valence-electron chi connectivity index (χ1n) is 8.99. The molecule has 0 unspecified atom stereocenters. The molecule has 0 radical (unpaired) electrons. The average Bonchev–Trinajstić information content (AvgIpc) is 3.38. The van der Waals surface area contributed by atoms with Gasteiger partial charge in [0.1, 0.15) is 5.69 Å². The third-order valence-corrected chi connectivity index (χ3v) is 5.77. The standard InChI is InChI=1S/C20H18N4O4S/c1-27-16-9-12-4-6-24-15(20(25)26)10-14(18-3-2-8-29-18)19(24)13(12)11-17(16)28-7-5-22-23-21/h2-3,8-11H,4-7H2,1H3,(H,25,26). The lowest BCUT2D eigenvalue weighted by Crippen LogP contribution is -2.16. The minimum absolute atomic E-state index is 0.205. The Kier molecular flexibility index (Phi) is 5.16. The molecule has 1 aliphatic rings. The number of aryl methyl sites for hydroxylation is 1. The number of hydrogen-bond acceptors (Lipinski definition) is 5. The van der Waals surface area contributed by atoms with Gasteiger partial charge < -0.3 is 19.1 Å². The second-order valence-corrected chi connectivity index (χ2v) is 7.39. The van der Waals surface area contributed by atoms with E-state index in [-0.39, 0.29) is 18.8 Å². The minimum Gasteiger partial charge on any atom is -0.493 e. The number of hydrogen-bond donors (Lipinski definition) is 1. The van der Waals surface area contributed by atoms with E-state index in [0.29, 0.717) is 24.5 Å². The summed E-state index contributed by atoms with van der Waals surface area (Å²) in [4.78, 5) is 15.6. The van der Waals surface area contributed by atoms with Crippen LogP contribution in [-0.4, -0.2) is 35.9 Å². The number of aromatic carboxylic acids is 1. The van der Waals surface area contributed by atoms with Crippen LogP contribution in [0.2, 0.25) is 0 Å². The predicted octanol–water partition coefficient (Wildman–Crippen LogP) is 4.84. The highest BCUT2D eigenvalue weighted by atomic mass is 32.1. The number of benzene rings is 1. The van der Waals surface area contributed by atoms with Gasteiger partial charge in [-0.15, -0.1) is 11.3 Å². The maximum Gasteiger partial charge on any atom is 0.352 e.